The van der Waals surface area contributed by atoms with E-state index in [9.17, 15) is 24.0 Å². The highest BCUT2D eigenvalue weighted by molar-refractivity contribution is 5.93. The number of nitrogens with two attached hydrogens (primary N) is 1. The Labute approximate surface area is 150 Å². The Morgan fingerprint density at radius 3 is 2.00 bits per heavy atom. The van der Waals surface area contributed by atoms with E-state index >= 15 is 0 Å². The number of carboxylic acid groups (broad SMARTS) is 2. The minimum absolute atomic E-state index is 0.0436. The molecule has 3 amide bonds. The van der Waals surface area contributed by atoms with E-state index in [0.29, 0.717) is 0 Å². The second-order valence-corrected chi connectivity index (χ2v) is 6.06. The van der Waals surface area contributed by atoms with Gasteiger partial charge in [-0.25, -0.2) is 0 Å². The van der Waals surface area contributed by atoms with Crippen LogP contribution in [-0.4, -0.2) is 65.0 Å². The highest BCUT2D eigenvalue weighted by Gasteiger charge is 2.27. The van der Waals surface area contributed by atoms with Crippen LogP contribution in [0.5, 0.6) is 0 Å². The fourth-order valence-corrected chi connectivity index (χ4v) is 2.05. The van der Waals surface area contributed by atoms with E-state index in [1.165, 1.54) is 0 Å². The van der Waals surface area contributed by atoms with E-state index in [-0.39, 0.29) is 25.3 Å². The van der Waals surface area contributed by atoms with Crippen molar-refractivity contribution in [3.63, 3.8) is 0 Å². The minimum atomic E-state index is -1.28. The zero-order valence-corrected chi connectivity index (χ0v) is 14.8. The average molecular weight is 374 g/mol. The Morgan fingerprint density at radius 2 is 1.54 bits per heavy atom. The fraction of sp³-hybridized carbons (Fsp3) is 0.667. The van der Waals surface area contributed by atoms with Gasteiger partial charge in [-0.2, -0.15) is 0 Å². The van der Waals surface area contributed by atoms with Gasteiger partial charge in [0.25, 0.3) is 0 Å². The summed E-state index contributed by atoms with van der Waals surface area (Å²) in [6.45, 7) is 2.67. The van der Waals surface area contributed by atoms with Crippen molar-refractivity contribution < 1.29 is 34.2 Å². The molecule has 0 aromatic carbocycles. The van der Waals surface area contributed by atoms with Crippen LogP contribution in [0, 0.1) is 5.92 Å². The third kappa shape index (κ3) is 10.2. The molecule has 11 heteroatoms. The second-order valence-electron chi connectivity index (χ2n) is 6.06. The zero-order chi connectivity index (χ0) is 20.3. The fourth-order valence-electron chi connectivity index (χ4n) is 2.05. The molecule has 0 aliphatic heterocycles. The van der Waals surface area contributed by atoms with Crippen molar-refractivity contribution in [2.45, 2.75) is 45.2 Å². The van der Waals surface area contributed by atoms with Gasteiger partial charge in [0.15, 0.2) is 0 Å². The Morgan fingerprint density at radius 1 is 0.923 bits per heavy atom. The van der Waals surface area contributed by atoms with E-state index in [2.05, 4.69) is 16.0 Å². The van der Waals surface area contributed by atoms with Crippen molar-refractivity contribution >= 4 is 29.7 Å². The summed E-state index contributed by atoms with van der Waals surface area (Å²) in [6, 6.07) is -2.20. The quantitative estimate of drug-likeness (QED) is 0.227. The Bertz CT molecular complexity index is 536. The minimum Gasteiger partial charge on any atom is -0.481 e. The molecular weight excluding hydrogens is 348 g/mol. The Balaban J connectivity index is 5.11. The molecule has 0 aromatic heterocycles. The highest BCUT2D eigenvalue weighted by Crippen LogP contribution is 2.07. The normalized spacial score (nSPS) is 12.8. The first-order valence-corrected chi connectivity index (χ1v) is 8.07. The molecule has 0 fully saturated rings. The van der Waals surface area contributed by atoms with Gasteiger partial charge in [-0.05, 0) is 18.8 Å². The van der Waals surface area contributed by atoms with Gasteiger partial charge in [0.05, 0.1) is 6.54 Å². The number of nitrogens with one attached hydrogen (secondary N) is 3. The molecule has 26 heavy (non-hydrogen) atoms. The number of carbonyl (C=O) groups excluding carboxylic acids is 3. The molecule has 2 atom stereocenters. The smallest absolute Gasteiger partial charge is 0.322 e. The maximum Gasteiger partial charge on any atom is 0.322 e. The van der Waals surface area contributed by atoms with Crippen LogP contribution < -0.4 is 21.7 Å². The maximum atomic E-state index is 12.4. The van der Waals surface area contributed by atoms with E-state index < -0.39 is 54.7 Å². The monoisotopic (exact) mass is 374 g/mol. The van der Waals surface area contributed by atoms with Gasteiger partial charge in [-0.3, -0.25) is 24.0 Å². The SMILES string of the molecule is CC(C)CC(NC(=O)CN)C(=O)NC(CCC(=O)O)C(=O)NCC(=O)O. The Kier molecular flexibility index (Phi) is 10.6. The molecule has 7 N–H and O–H groups in total. The van der Waals surface area contributed by atoms with Crippen molar-refractivity contribution in [3.05, 3.63) is 0 Å². The number of hydrogen-bond acceptors (Lipinski definition) is 6. The molecule has 148 valence electrons. The van der Waals surface area contributed by atoms with Crippen LogP contribution in [0.4, 0.5) is 0 Å². The van der Waals surface area contributed by atoms with E-state index in [0.717, 1.165) is 0 Å². The summed E-state index contributed by atoms with van der Waals surface area (Å²) >= 11 is 0. The van der Waals surface area contributed by atoms with Crippen LogP contribution >= 0.6 is 0 Å². The zero-order valence-electron chi connectivity index (χ0n) is 14.8. The molecule has 2 unspecified atom stereocenters. The third-order valence-corrected chi connectivity index (χ3v) is 3.24. The molecule has 11 nitrogen and oxygen atoms in total. The molecule has 0 bridgehead atoms. The first kappa shape index (κ1) is 23.3. The van der Waals surface area contributed by atoms with Crippen molar-refractivity contribution in [2.75, 3.05) is 13.1 Å². The lowest BCUT2D eigenvalue weighted by Gasteiger charge is -2.23. The van der Waals surface area contributed by atoms with Crippen LogP contribution in [0.15, 0.2) is 0 Å². The second kappa shape index (κ2) is 11.8. The maximum absolute atomic E-state index is 12.4. The lowest BCUT2D eigenvalue weighted by molar-refractivity contribution is -0.140. The molecule has 0 aliphatic rings. The lowest BCUT2D eigenvalue weighted by Crippen LogP contribution is -2.55. The van der Waals surface area contributed by atoms with Crippen LogP contribution in [0.25, 0.3) is 0 Å². The van der Waals surface area contributed by atoms with Gasteiger partial charge < -0.3 is 31.9 Å². The van der Waals surface area contributed by atoms with E-state index in [1.54, 1.807) is 0 Å². The van der Waals surface area contributed by atoms with Crippen LogP contribution in [0.3, 0.4) is 0 Å². The average Bonchev–Trinajstić information content (AvgIpc) is 2.54. The van der Waals surface area contributed by atoms with Crippen molar-refractivity contribution in [1.29, 1.82) is 0 Å². The van der Waals surface area contributed by atoms with Crippen LogP contribution in [-0.2, 0) is 24.0 Å². The van der Waals surface area contributed by atoms with Crippen LogP contribution in [0.2, 0.25) is 0 Å². The largest absolute Gasteiger partial charge is 0.481 e. The third-order valence-electron chi connectivity index (χ3n) is 3.24. The summed E-state index contributed by atoms with van der Waals surface area (Å²) in [5.41, 5.74) is 5.22. The van der Waals surface area contributed by atoms with Gasteiger partial charge >= 0.3 is 11.9 Å². The van der Waals surface area contributed by atoms with Gasteiger partial charge in [-0.1, -0.05) is 13.8 Å². The first-order valence-electron chi connectivity index (χ1n) is 8.07. The topological polar surface area (TPSA) is 188 Å². The summed E-state index contributed by atoms with van der Waals surface area (Å²) in [5, 5.41) is 24.3. The van der Waals surface area contributed by atoms with E-state index in [4.69, 9.17) is 15.9 Å². The predicted molar refractivity (Wildman–Crippen MR) is 89.9 cm³/mol. The predicted octanol–water partition coefficient (Wildman–Crippen LogP) is -1.97. The number of rotatable bonds is 12. The molecule has 0 radical (unpaired) electrons. The summed E-state index contributed by atoms with van der Waals surface area (Å²) in [5.74, 6) is -4.47. The van der Waals surface area contributed by atoms with Gasteiger partial charge in [-0.15, -0.1) is 0 Å². The first-order chi connectivity index (χ1) is 12.1. The van der Waals surface area contributed by atoms with Gasteiger partial charge in [0.1, 0.15) is 18.6 Å². The molecule has 0 saturated carbocycles. The molecule has 0 heterocycles. The lowest BCUT2D eigenvalue weighted by atomic mass is 10.0. The molecular formula is C15H26N4O7. The summed E-state index contributed by atoms with van der Waals surface area (Å²) in [7, 11) is 0. The molecule has 0 rings (SSSR count). The number of carbonyl (C=O) groups is 5. The number of carboxylic acids is 2. The Hall–Kier alpha value is -2.69. The van der Waals surface area contributed by atoms with Gasteiger partial charge in [0, 0.05) is 6.42 Å². The molecule has 0 spiro atoms. The van der Waals surface area contributed by atoms with Gasteiger partial charge in [0.2, 0.25) is 17.7 Å². The highest BCUT2D eigenvalue weighted by atomic mass is 16.4. The standard InChI is InChI=1S/C15H26N4O7/c1-8(2)5-10(18-11(20)6-16)15(26)19-9(3-4-12(21)22)14(25)17-7-13(23)24/h8-10H,3-7,16H2,1-2H3,(H,17,25)(H,18,20)(H,19,26)(H,21,22)(H,23,24). The molecule has 0 saturated heterocycles. The summed E-state index contributed by atoms with van der Waals surface area (Å²) < 4.78 is 0. The van der Waals surface area contributed by atoms with E-state index in [1.807, 2.05) is 13.8 Å². The summed E-state index contributed by atoms with van der Waals surface area (Å²) in [6.07, 6.45) is -0.360. The number of aliphatic carboxylic acids is 2. The van der Waals surface area contributed by atoms with Crippen molar-refractivity contribution in [2.24, 2.45) is 11.7 Å². The number of hydrogen-bond donors (Lipinski definition) is 6. The van der Waals surface area contributed by atoms with Crippen LogP contribution in [0.1, 0.15) is 33.1 Å². The number of amides is 3. The summed E-state index contributed by atoms with van der Waals surface area (Å²) in [4.78, 5) is 57.2. The molecule has 0 aromatic rings. The molecule has 0 aliphatic carbocycles. The van der Waals surface area contributed by atoms with Crippen molar-refractivity contribution in [3.8, 4) is 0 Å². The van der Waals surface area contributed by atoms with Crippen molar-refractivity contribution in [1.82, 2.24) is 16.0 Å².